The van der Waals surface area contributed by atoms with E-state index in [-0.39, 0.29) is 46.5 Å². The first-order valence-corrected chi connectivity index (χ1v) is 20.0. The van der Waals surface area contributed by atoms with Crippen molar-refractivity contribution in [2.75, 3.05) is 27.7 Å². The summed E-state index contributed by atoms with van der Waals surface area (Å²) in [5.74, 6) is -0.134. The number of nitrogens with one attached hydrogen (secondary N) is 1. The smallest absolute Gasteiger partial charge is 0.331 e. The van der Waals surface area contributed by atoms with E-state index in [2.05, 4.69) is 26.5 Å². The maximum absolute atomic E-state index is 15.7. The second-order valence-electron chi connectivity index (χ2n) is 19.0. The molecule has 1 fully saturated rings. The number of nitrogens with zero attached hydrogens (tertiary/aromatic N) is 1. The minimum atomic E-state index is -4.59. The summed E-state index contributed by atoms with van der Waals surface area (Å²) in [7, 11) is 6.24. The molecule has 0 saturated carbocycles. The highest BCUT2D eigenvalue weighted by Crippen LogP contribution is 2.52. The van der Waals surface area contributed by atoms with E-state index in [1.165, 1.54) is 6.92 Å². The molecule has 304 valence electrons. The van der Waals surface area contributed by atoms with Gasteiger partial charge in [0.05, 0.1) is 33.1 Å². The molecule has 0 bridgehead atoms. The maximum Gasteiger partial charge on any atom is 0.402 e. The Morgan fingerprint density at radius 3 is 1.34 bits per heavy atom. The largest absolute Gasteiger partial charge is 0.402 e. The third-order valence-corrected chi connectivity index (χ3v) is 12.0. The van der Waals surface area contributed by atoms with Gasteiger partial charge in [0.15, 0.2) is 0 Å². The second-order valence-corrected chi connectivity index (χ2v) is 19.0. The van der Waals surface area contributed by atoms with Crippen LogP contribution in [0.25, 0.3) is 22.3 Å². The molecule has 5 rings (SSSR count). The van der Waals surface area contributed by atoms with Gasteiger partial charge < -0.3 is 9.80 Å². The zero-order valence-corrected chi connectivity index (χ0v) is 34.7. The van der Waals surface area contributed by atoms with Crippen LogP contribution >= 0.6 is 0 Å². The Labute approximate surface area is 331 Å². The van der Waals surface area contributed by atoms with Crippen LogP contribution in [0.2, 0.25) is 0 Å². The summed E-state index contributed by atoms with van der Waals surface area (Å²) in [6.07, 6.45) is -6.04. The van der Waals surface area contributed by atoms with Gasteiger partial charge in [0, 0.05) is 11.1 Å². The van der Waals surface area contributed by atoms with E-state index in [0.717, 1.165) is 34.1 Å². The predicted octanol–water partition coefficient (Wildman–Crippen LogP) is 13.2. The third kappa shape index (κ3) is 9.90. The van der Waals surface area contributed by atoms with Gasteiger partial charge in [-0.1, -0.05) is 109 Å². The zero-order chi connectivity index (χ0) is 41.4. The van der Waals surface area contributed by atoms with Gasteiger partial charge in [-0.25, -0.2) is 0 Å². The fourth-order valence-electron chi connectivity index (χ4n) is 9.40. The zero-order valence-electron chi connectivity index (χ0n) is 34.7. The lowest BCUT2D eigenvalue weighted by atomic mass is 9.67. The lowest BCUT2D eigenvalue weighted by Crippen LogP contribution is -2.58. The van der Waals surface area contributed by atoms with Crippen LogP contribution in [0.1, 0.15) is 102 Å². The van der Waals surface area contributed by atoms with Crippen molar-refractivity contribution in [1.29, 1.82) is 0 Å². The summed E-state index contributed by atoms with van der Waals surface area (Å²) in [5.41, 5.74) is -0.165. The highest BCUT2D eigenvalue weighted by molar-refractivity contribution is 5.66. The van der Waals surface area contributed by atoms with Crippen molar-refractivity contribution in [3.05, 3.63) is 119 Å². The molecular formula is C48H61F6N2+. The van der Waals surface area contributed by atoms with Gasteiger partial charge in [0.1, 0.15) is 5.41 Å². The lowest BCUT2D eigenvalue weighted by Gasteiger charge is -2.48. The van der Waals surface area contributed by atoms with E-state index in [1.54, 1.807) is 72.8 Å². The van der Waals surface area contributed by atoms with Crippen LogP contribution in [-0.4, -0.2) is 55.6 Å². The minimum absolute atomic E-state index is 0.0278. The van der Waals surface area contributed by atoms with Crippen LogP contribution in [0.3, 0.4) is 0 Å². The number of rotatable bonds is 13. The number of halogens is 6. The summed E-state index contributed by atoms with van der Waals surface area (Å²) in [6.45, 7) is 12.3. The molecule has 2 nitrogen and oxygen atoms in total. The summed E-state index contributed by atoms with van der Waals surface area (Å²) in [4.78, 5) is 0. The van der Waals surface area contributed by atoms with E-state index in [9.17, 15) is 13.2 Å². The molecule has 0 amide bonds. The molecule has 4 aromatic carbocycles. The summed E-state index contributed by atoms with van der Waals surface area (Å²) >= 11 is 0. The summed E-state index contributed by atoms with van der Waals surface area (Å²) < 4.78 is 92.8. The maximum atomic E-state index is 15.7. The van der Waals surface area contributed by atoms with Crippen LogP contribution < -0.4 is 5.32 Å². The summed E-state index contributed by atoms with van der Waals surface area (Å²) in [5, 5.41) is 3.57. The molecule has 1 saturated heterocycles. The fourth-order valence-corrected chi connectivity index (χ4v) is 9.40. The number of unbranched alkanes of at least 4 members (excludes halogenated alkanes) is 2. The van der Waals surface area contributed by atoms with Crippen molar-refractivity contribution in [1.82, 2.24) is 5.32 Å². The van der Waals surface area contributed by atoms with Gasteiger partial charge >= 0.3 is 12.4 Å². The van der Waals surface area contributed by atoms with Crippen molar-refractivity contribution in [2.24, 2.45) is 5.92 Å². The van der Waals surface area contributed by atoms with Crippen molar-refractivity contribution in [3.8, 4) is 22.3 Å². The van der Waals surface area contributed by atoms with Crippen molar-refractivity contribution >= 4 is 0 Å². The van der Waals surface area contributed by atoms with E-state index < -0.39 is 23.2 Å². The van der Waals surface area contributed by atoms with Gasteiger partial charge in [0.2, 0.25) is 0 Å². The molecule has 2 atom stereocenters. The van der Waals surface area contributed by atoms with Crippen LogP contribution in [0.15, 0.2) is 97.1 Å². The quantitative estimate of drug-likeness (QED) is 0.0810. The van der Waals surface area contributed by atoms with E-state index in [4.69, 9.17) is 0 Å². The van der Waals surface area contributed by atoms with Crippen molar-refractivity contribution in [2.45, 2.75) is 121 Å². The normalized spacial score (nSPS) is 18.6. The van der Waals surface area contributed by atoms with Crippen molar-refractivity contribution in [3.63, 3.8) is 0 Å². The molecule has 0 aliphatic carbocycles. The molecule has 1 aliphatic heterocycles. The molecule has 1 aliphatic rings. The number of hydrogen-bond donors (Lipinski definition) is 1. The van der Waals surface area contributed by atoms with E-state index in [0.29, 0.717) is 36.8 Å². The van der Waals surface area contributed by atoms with Gasteiger partial charge in [-0.2, -0.15) is 26.3 Å². The first-order chi connectivity index (χ1) is 25.8. The molecule has 8 heteroatoms. The Hall–Kier alpha value is -3.62. The lowest BCUT2D eigenvalue weighted by molar-refractivity contribution is -0.870. The van der Waals surface area contributed by atoms with Gasteiger partial charge in [-0.15, -0.1) is 0 Å². The van der Waals surface area contributed by atoms with Crippen LogP contribution in [0, 0.1) is 12.8 Å². The molecular weight excluding hydrogens is 719 g/mol. The summed E-state index contributed by atoms with van der Waals surface area (Å²) in [6, 6.07) is 27.6. The van der Waals surface area contributed by atoms with Gasteiger partial charge in [-0.05, 0) is 125 Å². The Morgan fingerprint density at radius 2 is 0.964 bits per heavy atom. The number of benzene rings is 4. The molecule has 4 aromatic rings. The highest BCUT2D eigenvalue weighted by Gasteiger charge is 2.57. The molecule has 0 radical (unpaired) electrons. The van der Waals surface area contributed by atoms with Crippen LogP contribution in [0.5, 0.6) is 0 Å². The van der Waals surface area contributed by atoms with Crippen LogP contribution in [0.4, 0.5) is 26.3 Å². The molecule has 0 spiro atoms. The molecule has 2 unspecified atom stereocenters. The Bertz CT molecular complexity index is 1870. The van der Waals surface area contributed by atoms with E-state index >= 15 is 13.2 Å². The second kappa shape index (κ2) is 16.0. The number of alkyl halides is 6. The van der Waals surface area contributed by atoms with Gasteiger partial charge in [0.25, 0.3) is 0 Å². The number of piperidine rings is 1. The van der Waals surface area contributed by atoms with Gasteiger partial charge in [-0.3, -0.25) is 0 Å². The topological polar surface area (TPSA) is 12.0 Å². The van der Waals surface area contributed by atoms with E-state index in [1.807, 2.05) is 58.9 Å². The molecule has 0 aromatic heterocycles. The third-order valence-electron chi connectivity index (χ3n) is 12.0. The average molecular weight is 780 g/mol. The highest BCUT2D eigenvalue weighted by atomic mass is 19.4. The first-order valence-electron chi connectivity index (χ1n) is 20.0. The Kier molecular flexibility index (Phi) is 12.4. The first kappa shape index (κ1) is 43.5. The molecule has 1 N–H and O–H groups in total. The van der Waals surface area contributed by atoms with Crippen LogP contribution in [-0.2, 0) is 10.8 Å². The monoisotopic (exact) mass is 779 g/mol. The number of hydrogen-bond acceptors (Lipinski definition) is 1. The Morgan fingerprint density at radius 1 is 0.571 bits per heavy atom. The molecule has 56 heavy (non-hydrogen) atoms. The fraction of sp³-hybridized carbons (Fsp3) is 0.500. The SMILES string of the molecule is Cc1ccc(-c2ccc(C(CCCCC[N+](C)(C)C)(c3ccc(-c4ccc(C(C)(CC5CC(C)(C)NC(C)(C)C5)C(F)(F)F)cc4)cc3)C(F)(F)F)cc2)cc1. The Balaban J connectivity index is 1.47. The number of aryl methyl sites for hydroxylation is 1. The number of quaternary nitrogens is 1. The minimum Gasteiger partial charge on any atom is -0.331 e. The molecule has 1 heterocycles. The van der Waals surface area contributed by atoms with Crippen molar-refractivity contribution < 1.29 is 30.8 Å². The predicted molar refractivity (Wildman–Crippen MR) is 219 cm³/mol. The average Bonchev–Trinajstić information content (AvgIpc) is 3.08. The standard InChI is InChI=1S/C48H61F6N2/c1-34-13-15-36(16-14-34)38-19-25-41(26-20-38)46(48(52,53)54,29-11-10-12-30-56(7,8)9)42-27-21-39(22-28-42)37-17-23-40(24-18-37)45(6,47(49,50)51)33-35-31-43(2,3)55-44(4,5)32-35/h13-28,35,55H,10-12,29-33H2,1-9H3/q+1.